The molecule has 3 rings (SSSR count). The average Bonchev–Trinajstić information content (AvgIpc) is 2.98. The molecule has 0 spiro atoms. The highest BCUT2D eigenvalue weighted by atomic mass is 32.1. The van der Waals surface area contributed by atoms with Crippen LogP contribution in [-0.4, -0.2) is 42.4 Å². The van der Waals surface area contributed by atoms with Gasteiger partial charge in [-0.15, -0.1) is 11.3 Å². The molecule has 0 amide bonds. The van der Waals surface area contributed by atoms with Crippen LogP contribution in [0.4, 0.5) is 10.8 Å². The number of benzene rings is 1. The summed E-state index contributed by atoms with van der Waals surface area (Å²) in [5.74, 6) is 0.0153. The monoisotopic (exact) mass is 320 g/mol. The maximum Gasteiger partial charge on any atom is 0.341 e. The van der Waals surface area contributed by atoms with E-state index in [9.17, 15) is 9.90 Å². The molecule has 7 heteroatoms. The normalized spacial score (nSPS) is 16.9. The molecule has 22 heavy (non-hydrogen) atoms. The summed E-state index contributed by atoms with van der Waals surface area (Å²) in [5.41, 5.74) is 1.08. The summed E-state index contributed by atoms with van der Waals surface area (Å²) in [6.07, 6.45) is 1.79. The summed E-state index contributed by atoms with van der Waals surface area (Å²) in [6.45, 7) is 2.18. The van der Waals surface area contributed by atoms with Gasteiger partial charge in [-0.2, -0.15) is 0 Å². The molecule has 116 valence electrons. The number of rotatable bonds is 3. The Hall–Kier alpha value is -2.12. The van der Waals surface area contributed by atoms with Gasteiger partial charge in [0.05, 0.1) is 25.4 Å². The second-order valence-corrected chi connectivity index (χ2v) is 6.13. The Balaban J connectivity index is 2.12. The highest BCUT2D eigenvalue weighted by molar-refractivity contribution is 7.15. The molecule has 0 aliphatic carbocycles. The minimum absolute atomic E-state index is 0.0689. The van der Waals surface area contributed by atoms with Crippen LogP contribution in [0.15, 0.2) is 24.4 Å². The Bertz CT molecular complexity index is 701. The molecule has 0 bridgehead atoms. The van der Waals surface area contributed by atoms with Crippen LogP contribution in [-0.2, 0) is 4.74 Å². The number of anilines is 2. The number of aryl methyl sites for hydroxylation is 1. The molecule has 0 radical (unpaired) electrons. The molecule has 2 aromatic rings. The molecular weight excluding hydrogens is 304 g/mol. The first-order valence-electron chi connectivity index (χ1n) is 6.82. The minimum atomic E-state index is -0.449. The molecule has 0 saturated heterocycles. The van der Waals surface area contributed by atoms with Crippen molar-refractivity contribution in [2.75, 3.05) is 25.2 Å². The third-order valence-electron chi connectivity index (χ3n) is 3.47. The van der Waals surface area contributed by atoms with Crippen LogP contribution in [0.25, 0.3) is 0 Å². The van der Waals surface area contributed by atoms with Crippen LogP contribution >= 0.6 is 11.3 Å². The summed E-state index contributed by atoms with van der Waals surface area (Å²) < 4.78 is 10.5. The van der Waals surface area contributed by atoms with Crippen molar-refractivity contribution >= 4 is 28.1 Å². The first kappa shape index (κ1) is 14.8. The minimum Gasteiger partial charge on any atom is -0.488 e. The number of hydrogen-bond donors (Lipinski definition) is 1. The first-order valence-corrected chi connectivity index (χ1v) is 7.64. The number of carbonyl (C=O) groups is 1. The molecule has 1 aliphatic heterocycles. The van der Waals surface area contributed by atoms with E-state index in [0.29, 0.717) is 17.0 Å². The zero-order valence-corrected chi connectivity index (χ0v) is 13.1. The Morgan fingerprint density at radius 3 is 3.05 bits per heavy atom. The Kier molecular flexibility index (Phi) is 4.00. The Labute approximate surface area is 131 Å². The van der Waals surface area contributed by atoms with Crippen LogP contribution in [0, 0.1) is 6.92 Å². The van der Waals surface area contributed by atoms with Gasteiger partial charge < -0.3 is 19.5 Å². The van der Waals surface area contributed by atoms with E-state index in [1.165, 1.54) is 18.4 Å². The predicted molar refractivity (Wildman–Crippen MR) is 83.1 cm³/mol. The van der Waals surface area contributed by atoms with E-state index in [2.05, 4.69) is 4.98 Å². The van der Waals surface area contributed by atoms with Crippen LogP contribution in [0.2, 0.25) is 0 Å². The molecule has 1 aromatic carbocycles. The zero-order chi connectivity index (χ0) is 15.7. The van der Waals surface area contributed by atoms with E-state index in [-0.39, 0.29) is 19.3 Å². The van der Waals surface area contributed by atoms with Gasteiger partial charge in [0.1, 0.15) is 12.2 Å². The van der Waals surface area contributed by atoms with Crippen molar-refractivity contribution in [3.63, 3.8) is 0 Å². The van der Waals surface area contributed by atoms with E-state index >= 15 is 0 Å². The largest absolute Gasteiger partial charge is 0.488 e. The van der Waals surface area contributed by atoms with Crippen LogP contribution < -0.4 is 9.64 Å². The number of para-hydroxylation sites is 1. The highest BCUT2D eigenvalue weighted by Crippen LogP contribution is 2.42. The molecule has 2 heterocycles. The maximum absolute atomic E-state index is 11.9. The average molecular weight is 320 g/mol. The van der Waals surface area contributed by atoms with Crippen molar-refractivity contribution in [3.05, 3.63) is 34.8 Å². The Morgan fingerprint density at radius 1 is 1.59 bits per heavy atom. The van der Waals surface area contributed by atoms with Crippen molar-refractivity contribution < 1.29 is 19.4 Å². The fourth-order valence-electron chi connectivity index (χ4n) is 2.44. The van der Waals surface area contributed by atoms with Crippen molar-refractivity contribution in [1.29, 1.82) is 0 Å². The van der Waals surface area contributed by atoms with Crippen LogP contribution in [0.5, 0.6) is 5.75 Å². The lowest BCUT2D eigenvalue weighted by Crippen LogP contribution is -2.42. The lowest BCUT2D eigenvalue weighted by Gasteiger charge is -2.36. The van der Waals surface area contributed by atoms with Gasteiger partial charge in [-0.1, -0.05) is 6.07 Å². The standard InChI is InChI=1S/C15H16N2O4S/c1-9-6-16-15(22-9)17-10(7-18)8-21-13-11(14(19)20-2)4-3-5-12(13)17/h3-6,10,18H,7-8H2,1-2H3/t10-/m0/s1. The van der Waals surface area contributed by atoms with E-state index in [1.807, 2.05) is 17.9 Å². The number of methoxy groups -OCH3 is 1. The lowest BCUT2D eigenvalue weighted by molar-refractivity contribution is 0.0594. The fourth-order valence-corrected chi connectivity index (χ4v) is 3.28. The molecule has 0 saturated carbocycles. The summed E-state index contributed by atoms with van der Waals surface area (Å²) in [6, 6.07) is 5.03. The number of aliphatic hydroxyl groups excluding tert-OH is 1. The van der Waals surface area contributed by atoms with E-state index < -0.39 is 5.97 Å². The zero-order valence-electron chi connectivity index (χ0n) is 12.3. The van der Waals surface area contributed by atoms with Crippen LogP contribution in [0.1, 0.15) is 15.2 Å². The summed E-state index contributed by atoms with van der Waals surface area (Å²) >= 11 is 1.53. The molecule has 1 atom stereocenters. The number of hydrogen-bond acceptors (Lipinski definition) is 7. The number of thiazole rings is 1. The van der Waals surface area contributed by atoms with E-state index in [4.69, 9.17) is 9.47 Å². The summed E-state index contributed by atoms with van der Waals surface area (Å²) in [5, 5.41) is 10.4. The number of esters is 1. The van der Waals surface area contributed by atoms with Gasteiger partial charge in [-0.3, -0.25) is 0 Å². The number of carbonyl (C=O) groups excluding carboxylic acids is 1. The highest BCUT2D eigenvalue weighted by Gasteiger charge is 2.33. The first-order chi connectivity index (χ1) is 10.7. The third kappa shape index (κ3) is 2.42. The number of nitrogens with zero attached hydrogens (tertiary/aromatic N) is 2. The van der Waals surface area contributed by atoms with Crippen molar-refractivity contribution in [2.45, 2.75) is 13.0 Å². The van der Waals surface area contributed by atoms with Crippen LogP contribution in [0.3, 0.4) is 0 Å². The third-order valence-corrected chi connectivity index (χ3v) is 4.38. The fraction of sp³-hybridized carbons (Fsp3) is 0.333. The number of ether oxygens (including phenoxy) is 2. The molecule has 1 aromatic heterocycles. The Morgan fingerprint density at radius 2 is 2.41 bits per heavy atom. The van der Waals surface area contributed by atoms with E-state index in [0.717, 1.165) is 10.0 Å². The maximum atomic E-state index is 11.9. The van der Waals surface area contributed by atoms with Gasteiger partial charge >= 0.3 is 5.97 Å². The van der Waals surface area contributed by atoms with Crippen molar-refractivity contribution in [3.8, 4) is 5.75 Å². The molecule has 1 aliphatic rings. The summed E-state index contributed by atoms with van der Waals surface area (Å²) in [7, 11) is 1.34. The van der Waals surface area contributed by atoms with E-state index in [1.54, 1.807) is 18.3 Å². The predicted octanol–water partition coefficient (Wildman–Crippen LogP) is 2.13. The second kappa shape index (κ2) is 5.94. The molecular formula is C15H16N2O4S. The number of fused-ring (bicyclic) bond motifs is 1. The SMILES string of the molecule is COC(=O)c1cccc2c1OC[C@H](CO)N2c1ncc(C)s1. The van der Waals surface area contributed by atoms with Gasteiger partial charge in [0, 0.05) is 11.1 Å². The number of aromatic nitrogens is 1. The van der Waals surface area contributed by atoms with Gasteiger partial charge in [0.2, 0.25) is 0 Å². The second-order valence-electron chi connectivity index (χ2n) is 4.92. The van der Waals surface area contributed by atoms with Gasteiger partial charge in [-0.05, 0) is 19.1 Å². The van der Waals surface area contributed by atoms with Gasteiger partial charge in [0.15, 0.2) is 10.9 Å². The molecule has 6 nitrogen and oxygen atoms in total. The molecule has 0 unspecified atom stereocenters. The van der Waals surface area contributed by atoms with Gasteiger partial charge in [0.25, 0.3) is 0 Å². The number of aliphatic hydroxyl groups is 1. The molecule has 1 N–H and O–H groups in total. The molecule has 0 fully saturated rings. The van der Waals surface area contributed by atoms with Gasteiger partial charge in [-0.25, -0.2) is 9.78 Å². The van der Waals surface area contributed by atoms with Crippen molar-refractivity contribution in [1.82, 2.24) is 4.98 Å². The summed E-state index contributed by atoms with van der Waals surface area (Å²) in [4.78, 5) is 19.3. The van der Waals surface area contributed by atoms with Crippen molar-refractivity contribution in [2.24, 2.45) is 0 Å². The topological polar surface area (TPSA) is 71.9 Å². The smallest absolute Gasteiger partial charge is 0.341 e. The quantitative estimate of drug-likeness (QED) is 0.874. The lowest BCUT2D eigenvalue weighted by atomic mass is 10.1.